The third kappa shape index (κ3) is 44.8. The summed E-state index contributed by atoms with van der Waals surface area (Å²) in [4.78, 5) is 25.3. The van der Waals surface area contributed by atoms with E-state index in [9.17, 15) is 19.4 Å². The molecule has 0 aliphatic rings. The fraction of sp³-hybridized carbons (Fsp3) is 0.863. The van der Waals surface area contributed by atoms with E-state index in [4.69, 9.17) is 9.05 Å². The van der Waals surface area contributed by atoms with Gasteiger partial charge in [0.1, 0.15) is 13.2 Å². The van der Waals surface area contributed by atoms with Crippen molar-refractivity contribution in [3.63, 3.8) is 0 Å². The maximum absolute atomic E-state index is 12.8. The summed E-state index contributed by atoms with van der Waals surface area (Å²) in [5, 5.41) is 13.8. The Bertz CT molecular complexity index is 1070. The second-order valence-corrected chi connectivity index (χ2v) is 19.9. The van der Waals surface area contributed by atoms with Gasteiger partial charge in [0.15, 0.2) is 0 Å². The molecule has 8 nitrogen and oxygen atoms in total. The number of amides is 1. The fourth-order valence-corrected chi connectivity index (χ4v) is 8.03. The first-order valence-corrected chi connectivity index (χ1v) is 26.8. The Labute approximate surface area is 372 Å². The van der Waals surface area contributed by atoms with Crippen molar-refractivity contribution in [3.05, 3.63) is 36.5 Å². The molecule has 0 radical (unpaired) electrons. The van der Waals surface area contributed by atoms with Crippen LogP contribution in [0.2, 0.25) is 0 Å². The number of allylic oxidation sites excluding steroid dienone is 5. The van der Waals surface area contributed by atoms with Crippen molar-refractivity contribution in [2.24, 2.45) is 0 Å². The van der Waals surface area contributed by atoms with Crippen molar-refractivity contribution < 1.29 is 32.9 Å². The molecule has 0 rings (SSSR count). The van der Waals surface area contributed by atoms with Crippen molar-refractivity contribution in [2.75, 3.05) is 40.9 Å². The number of hydrogen-bond acceptors (Lipinski definition) is 6. The van der Waals surface area contributed by atoms with Gasteiger partial charge in [-0.3, -0.25) is 9.36 Å². The van der Waals surface area contributed by atoms with Gasteiger partial charge in [-0.1, -0.05) is 217 Å². The summed E-state index contributed by atoms with van der Waals surface area (Å²) in [6.45, 7) is 4.61. The highest BCUT2D eigenvalue weighted by molar-refractivity contribution is 7.45. The summed E-state index contributed by atoms with van der Waals surface area (Å²) in [5.41, 5.74) is 0. The number of rotatable bonds is 46. The zero-order valence-corrected chi connectivity index (χ0v) is 41.1. The number of nitrogens with zero attached hydrogens (tertiary/aromatic N) is 1. The maximum atomic E-state index is 12.8. The minimum atomic E-state index is -4.60. The van der Waals surface area contributed by atoms with E-state index in [2.05, 4.69) is 43.5 Å². The van der Waals surface area contributed by atoms with E-state index in [1.807, 2.05) is 27.2 Å². The summed E-state index contributed by atoms with van der Waals surface area (Å²) in [6, 6.07) is -0.905. The zero-order valence-electron chi connectivity index (χ0n) is 40.2. The lowest BCUT2D eigenvalue weighted by Gasteiger charge is -2.29. The Hall–Kier alpha value is -1.28. The van der Waals surface area contributed by atoms with Gasteiger partial charge in [0.2, 0.25) is 5.91 Å². The summed E-state index contributed by atoms with van der Waals surface area (Å²) in [7, 11) is 1.24. The van der Waals surface area contributed by atoms with Gasteiger partial charge in [-0.25, -0.2) is 0 Å². The first-order valence-electron chi connectivity index (χ1n) is 25.4. The molecule has 354 valence electrons. The molecule has 1 amide bonds. The van der Waals surface area contributed by atoms with Crippen LogP contribution < -0.4 is 10.2 Å². The smallest absolute Gasteiger partial charge is 0.268 e. The molecule has 0 aliphatic heterocycles. The average molecular weight is 867 g/mol. The second-order valence-electron chi connectivity index (χ2n) is 18.5. The lowest BCUT2D eigenvalue weighted by atomic mass is 10.0. The predicted molar refractivity (Wildman–Crippen MR) is 256 cm³/mol. The normalized spacial score (nSPS) is 14.4. The Morgan fingerprint density at radius 1 is 0.567 bits per heavy atom. The molecule has 0 saturated heterocycles. The zero-order chi connectivity index (χ0) is 44.3. The van der Waals surface area contributed by atoms with E-state index in [1.54, 1.807) is 6.08 Å². The van der Waals surface area contributed by atoms with E-state index >= 15 is 0 Å². The third-order valence-corrected chi connectivity index (χ3v) is 12.3. The fourth-order valence-electron chi connectivity index (χ4n) is 7.30. The molecule has 3 atom stereocenters. The number of hydrogen-bond donors (Lipinski definition) is 2. The van der Waals surface area contributed by atoms with Crippen LogP contribution in [0, 0.1) is 0 Å². The predicted octanol–water partition coefficient (Wildman–Crippen LogP) is 14.0. The van der Waals surface area contributed by atoms with Crippen LogP contribution in [0.5, 0.6) is 0 Å². The molecular formula is C51H99N2O6P. The highest BCUT2D eigenvalue weighted by atomic mass is 31.2. The van der Waals surface area contributed by atoms with Gasteiger partial charge in [0, 0.05) is 6.42 Å². The largest absolute Gasteiger partial charge is 0.756 e. The Morgan fingerprint density at radius 2 is 0.933 bits per heavy atom. The summed E-state index contributed by atoms with van der Waals surface area (Å²) in [5.74, 6) is -0.213. The van der Waals surface area contributed by atoms with Crippen LogP contribution in [0.25, 0.3) is 0 Å². The van der Waals surface area contributed by atoms with E-state index in [1.165, 1.54) is 167 Å². The molecule has 60 heavy (non-hydrogen) atoms. The Morgan fingerprint density at radius 3 is 1.35 bits per heavy atom. The van der Waals surface area contributed by atoms with Gasteiger partial charge in [0.05, 0.1) is 39.9 Å². The van der Waals surface area contributed by atoms with Gasteiger partial charge >= 0.3 is 0 Å². The van der Waals surface area contributed by atoms with E-state index in [0.29, 0.717) is 17.4 Å². The molecule has 0 bridgehead atoms. The van der Waals surface area contributed by atoms with E-state index in [-0.39, 0.29) is 12.5 Å². The number of phosphoric acid groups is 1. The van der Waals surface area contributed by atoms with E-state index < -0.39 is 26.6 Å². The van der Waals surface area contributed by atoms with Gasteiger partial charge < -0.3 is 28.8 Å². The third-order valence-electron chi connectivity index (χ3n) is 11.3. The Balaban J connectivity index is 4.22. The first kappa shape index (κ1) is 58.7. The number of aliphatic hydroxyl groups is 1. The molecule has 0 aromatic carbocycles. The number of nitrogens with one attached hydrogen (secondary N) is 1. The highest BCUT2D eigenvalue weighted by Crippen LogP contribution is 2.38. The van der Waals surface area contributed by atoms with Crippen molar-refractivity contribution in [1.82, 2.24) is 5.32 Å². The number of carbonyl (C=O) groups excluding carboxylic acids is 1. The van der Waals surface area contributed by atoms with Crippen LogP contribution in [0.3, 0.4) is 0 Å². The molecule has 2 N–H and O–H groups in total. The molecule has 0 fully saturated rings. The lowest BCUT2D eigenvalue weighted by molar-refractivity contribution is -0.870. The molecular weight excluding hydrogens is 768 g/mol. The summed E-state index contributed by atoms with van der Waals surface area (Å²) < 4.78 is 23.2. The van der Waals surface area contributed by atoms with Crippen LogP contribution in [-0.2, 0) is 18.4 Å². The quantitative estimate of drug-likeness (QED) is 0.0273. The molecule has 0 aliphatic carbocycles. The maximum Gasteiger partial charge on any atom is 0.268 e. The molecule has 0 saturated carbocycles. The van der Waals surface area contributed by atoms with Crippen molar-refractivity contribution in [1.29, 1.82) is 0 Å². The number of phosphoric ester groups is 1. The van der Waals surface area contributed by atoms with Crippen molar-refractivity contribution in [3.8, 4) is 0 Å². The van der Waals surface area contributed by atoms with Crippen LogP contribution in [0.15, 0.2) is 36.5 Å². The lowest BCUT2D eigenvalue weighted by Crippen LogP contribution is -2.45. The topological polar surface area (TPSA) is 108 Å². The van der Waals surface area contributed by atoms with Gasteiger partial charge in [-0.05, 0) is 44.9 Å². The number of likely N-dealkylation sites (N-methyl/N-ethyl adjacent to an activating group) is 1. The van der Waals surface area contributed by atoms with Crippen LogP contribution >= 0.6 is 7.82 Å². The van der Waals surface area contributed by atoms with Gasteiger partial charge in [-0.2, -0.15) is 0 Å². The second kappa shape index (κ2) is 43.0. The monoisotopic (exact) mass is 867 g/mol. The van der Waals surface area contributed by atoms with Crippen LogP contribution in [-0.4, -0.2) is 68.5 Å². The van der Waals surface area contributed by atoms with Crippen molar-refractivity contribution in [2.45, 2.75) is 244 Å². The van der Waals surface area contributed by atoms with Crippen LogP contribution in [0.1, 0.15) is 232 Å². The number of aliphatic hydroxyl groups excluding tert-OH is 1. The SMILES string of the molecule is CCCCCCCCCCCCCCCCCCCC/C=C/CC/C=C/CC/C=C/C(O)C(COP(=O)([O-])OCC[N+](C)(C)C)NC(=O)CCCCCCCCCCCC. The molecule has 9 heteroatoms. The molecule has 3 unspecified atom stereocenters. The summed E-state index contributed by atoms with van der Waals surface area (Å²) in [6.07, 6.45) is 53.7. The Kier molecular flexibility index (Phi) is 42.1. The molecule has 0 spiro atoms. The standard InChI is InChI=1S/C51H99N2O6P/c1-6-8-10-12-14-16-18-19-20-21-22-23-24-25-26-27-28-29-30-31-32-33-34-35-36-38-40-42-44-50(54)49(48-59-60(56,57)58-47-46-53(3,4)5)52-51(55)45-43-41-39-37-17-15-13-11-9-7-2/h31-32,35-36,42,44,49-50,54H,6-30,33-34,37-41,43,45-48H2,1-5H3,(H-,52,55,56,57)/b32-31+,36-35+,44-42+. The number of carbonyl (C=O) groups is 1. The summed E-state index contributed by atoms with van der Waals surface area (Å²) >= 11 is 0. The highest BCUT2D eigenvalue weighted by Gasteiger charge is 2.23. The average Bonchev–Trinajstić information content (AvgIpc) is 3.20. The number of quaternary nitrogens is 1. The molecule has 0 aromatic heterocycles. The number of unbranched alkanes of at least 4 members (excludes halogenated alkanes) is 29. The van der Waals surface area contributed by atoms with Crippen LogP contribution in [0.4, 0.5) is 0 Å². The minimum Gasteiger partial charge on any atom is -0.756 e. The van der Waals surface area contributed by atoms with Crippen molar-refractivity contribution >= 4 is 13.7 Å². The minimum absolute atomic E-state index is 0.00800. The first-order chi connectivity index (χ1) is 29.0. The van der Waals surface area contributed by atoms with Gasteiger partial charge in [0.25, 0.3) is 7.82 Å². The molecule has 0 aromatic rings. The van der Waals surface area contributed by atoms with E-state index in [0.717, 1.165) is 44.9 Å². The van der Waals surface area contributed by atoms with Gasteiger partial charge in [-0.15, -0.1) is 0 Å². The molecule has 0 heterocycles.